The molecule has 0 radical (unpaired) electrons. The molecular formula is C33H31BO2S. The van der Waals surface area contributed by atoms with Crippen molar-refractivity contribution < 1.29 is 9.31 Å². The number of hydrogen-bond acceptors (Lipinski definition) is 3. The Kier molecular flexibility index (Phi) is 4.75. The number of rotatable bonds is 2. The van der Waals surface area contributed by atoms with Crippen LogP contribution in [0, 0.1) is 0 Å². The summed E-state index contributed by atoms with van der Waals surface area (Å²) in [7, 11) is -0.401. The van der Waals surface area contributed by atoms with Crippen LogP contribution in [0.1, 0.15) is 52.7 Å². The highest BCUT2D eigenvalue weighted by Gasteiger charge is 2.52. The summed E-state index contributed by atoms with van der Waals surface area (Å²) in [6.07, 6.45) is 0. The molecule has 5 aromatic rings. The van der Waals surface area contributed by atoms with E-state index in [-0.39, 0.29) is 16.6 Å². The van der Waals surface area contributed by atoms with Gasteiger partial charge < -0.3 is 9.31 Å². The second-order valence-corrected chi connectivity index (χ2v) is 13.1. The zero-order chi connectivity index (χ0) is 25.7. The third kappa shape index (κ3) is 3.26. The Morgan fingerprint density at radius 3 is 2.08 bits per heavy atom. The van der Waals surface area contributed by atoms with Gasteiger partial charge in [0.2, 0.25) is 0 Å². The number of fused-ring (bicyclic) bond motifs is 6. The van der Waals surface area contributed by atoms with Crippen molar-refractivity contribution in [3.05, 3.63) is 90.0 Å². The molecule has 2 nitrogen and oxygen atoms in total. The molecule has 1 fully saturated rings. The summed E-state index contributed by atoms with van der Waals surface area (Å²) in [5.74, 6) is 0. The minimum absolute atomic E-state index is 0.109. The molecule has 4 aromatic carbocycles. The van der Waals surface area contributed by atoms with Crippen molar-refractivity contribution in [1.29, 1.82) is 0 Å². The number of benzene rings is 4. The molecule has 1 aliphatic carbocycles. The minimum Gasteiger partial charge on any atom is -0.399 e. The minimum atomic E-state index is -0.401. The van der Waals surface area contributed by atoms with Gasteiger partial charge in [0, 0.05) is 25.6 Å². The van der Waals surface area contributed by atoms with Gasteiger partial charge in [0.25, 0.3) is 0 Å². The van der Waals surface area contributed by atoms with E-state index in [1.807, 2.05) is 11.3 Å². The van der Waals surface area contributed by atoms with Gasteiger partial charge in [-0.1, -0.05) is 80.6 Å². The molecule has 1 aliphatic heterocycles. The lowest BCUT2D eigenvalue weighted by Gasteiger charge is -2.32. The monoisotopic (exact) mass is 502 g/mol. The number of thiophene rings is 1. The van der Waals surface area contributed by atoms with E-state index in [1.165, 1.54) is 53.6 Å². The van der Waals surface area contributed by atoms with Crippen molar-refractivity contribution in [2.24, 2.45) is 0 Å². The SMILES string of the molecule is CC1(C)c2ccccc2-c2c(-c3ccc4c(c3)sc3ccccc34)cc(B3OC(C)(C)C(C)(C)O3)cc21. The fraction of sp³-hybridized carbons (Fsp3) is 0.273. The first-order valence-corrected chi connectivity index (χ1v) is 13.9. The standard InChI is InChI=1S/C33H31BO2S/c1-31(2)26-13-9-7-12-24(26)30-25(18-21(19-27(30)31)34-35-32(3,4)33(5,6)36-34)20-15-16-23-22-11-8-10-14-28(22)37-29(23)17-20/h7-19H,1-6H3. The van der Waals surface area contributed by atoms with Gasteiger partial charge in [0.1, 0.15) is 0 Å². The Bertz CT molecular complexity index is 1710. The molecule has 1 aromatic heterocycles. The largest absolute Gasteiger partial charge is 0.494 e. The maximum atomic E-state index is 6.54. The van der Waals surface area contributed by atoms with Crippen molar-refractivity contribution in [3.63, 3.8) is 0 Å². The summed E-state index contributed by atoms with van der Waals surface area (Å²) >= 11 is 1.87. The molecule has 0 saturated carbocycles. The first-order chi connectivity index (χ1) is 17.6. The lowest BCUT2D eigenvalue weighted by atomic mass is 9.73. The van der Waals surface area contributed by atoms with Crippen LogP contribution in [0.25, 0.3) is 42.4 Å². The quantitative estimate of drug-likeness (QED) is 0.226. The predicted octanol–water partition coefficient (Wildman–Crippen LogP) is 8.33. The molecule has 0 unspecified atom stereocenters. The van der Waals surface area contributed by atoms with Gasteiger partial charge in [0.05, 0.1) is 11.2 Å². The molecule has 1 saturated heterocycles. The smallest absolute Gasteiger partial charge is 0.399 e. The van der Waals surface area contributed by atoms with Crippen LogP contribution in [-0.2, 0) is 14.7 Å². The molecule has 0 amide bonds. The van der Waals surface area contributed by atoms with Gasteiger partial charge in [-0.2, -0.15) is 0 Å². The molecule has 2 aliphatic rings. The third-order valence-electron chi connectivity index (χ3n) is 8.92. The fourth-order valence-electron chi connectivity index (χ4n) is 6.08. The normalized spacial score (nSPS) is 18.9. The third-order valence-corrected chi connectivity index (χ3v) is 10.1. The van der Waals surface area contributed by atoms with Gasteiger partial charge >= 0.3 is 7.12 Å². The topological polar surface area (TPSA) is 18.5 Å². The predicted molar refractivity (Wildman–Crippen MR) is 158 cm³/mol. The molecule has 0 bridgehead atoms. The molecule has 0 atom stereocenters. The van der Waals surface area contributed by atoms with E-state index in [0.717, 1.165) is 5.46 Å². The highest BCUT2D eigenvalue weighted by molar-refractivity contribution is 7.25. The molecule has 184 valence electrons. The van der Waals surface area contributed by atoms with Crippen LogP contribution in [0.4, 0.5) is 0 Å². The average Bonchev–Trinajstić information content (AvgIpc) is 3.43. The molecule has 0 spiro atoms. The van der Waals surface area contributed by atoms with E-state index in [2.05, 4.69) is 120 Å². The zero-order valence-corrected chi connectivity index (χ0v) is 23.1. The lowest BCUT2D eigenvalue weighted by Crippen LogP contribution is -2.41. The van der Waals surface area contributed by atoms with Gasteiger partial charge in [-0.25, -0.2) is 0 Å². The second kappa shape index (κ2) is 7.57. The summed E-state index contributed by atoms with van der Waals surface area (Å²) in [5.41, 5.74) is 8.08. The first kappa shape index (κ1) is 23.2. The van der Waals surface area contributed by atoms with E-state index in [4.69, 9.17) is 9.31 Å². The van der Waals surface area contributed by atoms with Crippen LogP contribution in [0.3, 0.4) is 0 Å². The van der Waals surface area contributed by atoms with Gasteiger partial charge in [-0.3, -0.25) is 0 Å². The Balaban J connectivity index is 1.48. The molecular weight excluding hydrogens is 471 g/mol. The van der Waals surface area contributed by atoms with Crippen molar-refractivity contribution in [1.82, 2.24) is 0 Å². The lowest BCUT2D eigenvalue weighted by molar-refractivity contribution is 0.00578. The first-order valence-electron chi connectivity index (χ1n) is 13.1. The van der Waals surface area contributed by atoms with E-state index >= 15 is 0 Å². The Labute approximate surface area is 223 Å². The van der Waals surface area contributed by atoms with Crippen LogP contribution in [-0.4, -0.2) is 18.3 Å². The Morgan fingerprint density at radius 2 is 1.30 bits per heavy atom. The summed E-state index contributed by atoms with van der Waals surface area (Å²) in [4.78, 5) is 0. The van der Waals surface area contributed by atoms with Gasteiger partial charge in [0.15, 0.2) is 0 Å². The van der Waals surface area contributed by atoms with Crippen molar-refractivity contribution in [2.45, 2.75) is 58.2 Å². The molecule has 7 rings (SSSR count). The van der Waals surface area contributed by atoms with Crippen LogP contribution in [0.2, 0.25) is 0 Å². The molecule has 2 heterocycles. The maximum absolute atomic E-state index is 6.54. The highest BCUT2D eigenvalue weighted by atomic mass is 32.1. The summed E-state index contributed by atoms with van der Waals surface area (Å²) in [5, 5.41) is 2.65. The molecule has 0 N–H and O–H groups in total. The summed E-state index contributed by atoms with van der Waals surface area (Å²) in [6, 6.07) is 29.2. The van der Waals surface area contributed by atoms with Crippen molar-refractivity contribution in [3.8, 4) is 22.3 Å². The van der Waals surface area contributed by atoms with E-state index in [1.54, 1.807) is 0 Å². The second-order valence-electron chi connectivity index (χ2n) is 12.1. The summed E-state index contributed by atoms with van der Waals surface area (Å²) in [6.45, 7) is 13.2. The van der Waals surface area contributed by atoms with Gasteiger partial charge in [-0.05, 0) is 78.7 Å². The average molecular weight is 502 g/mol. The van der Waals surface area contributed by atoms with Crippen LogP contribution < -0.4 is 5.46 Å². The Hall–Kier alpha value is -2.92. The van der Waals surface area contributed by atoms with Gasteiger partial charge in [-0.15, -0.1) is 11.3 Å². The molecule has 4 heteroatoms. The zero-order valence-electron chi connectivity index (χ0n) is 22.3. The summed E-state index contributed by atoms with van der Waals surface area (Å²) < 4.78 is 15.7. The number of hydrogen-bond donors (Lipinski definition) is 0. The van der Waals surface area contributed by atoms with Crippen LogP contribution in [0.15, 0.2) is 78.9 Å². The highest BCUT2D eigenvalue weighted by Crippen LogP contribution is 2.52. The van der Waals surface area contributed by atoms with Crippen LogP contribution in [0.5, 0.6) is 0 Å². The van der Waals surface area contributed by atoms with E-state index in [0.29, 0.717) is 0 Å². The molecule has 37 heavy (non-hydrogen) atoms. The fourth-order valence-corrected chi connectivity index (χ4v) is 7.22. The maximum Gasteiger partial charge on any atom is 0.494 e. The van der Waals surface area contributed by atoms with Crippen LogP contribution >= 0.6 is 11.3 Å². The van der Waals surface area contributed by atoms with E-state index < -0.39 is 7.12 Å². The van der Waals surface area contributed by atoms with Crippen molar-refractivity contribution >= 4 is 44.1 Å². The van der Waals surface area contributed by atoms with E-state index in [9.17, 15) is 0 Å². The van der Waals surface area contributed by atoms with Crippen molar-refractivity contribution in [2.75, 3.05) is 0 Å². The Morgan fingerprint density at radius 1 is 0.622 bits per heavy atom.